The lowest BCUT2D eigenvalue weighted by molar-refractivity contribution is -0.136. The zero-order valence-electron chi connectivity index (χ0n) is 18.4. The second-order valence-electron chi connectivity index (χ2n) is 7.95. The number of carbonyl (C=O) groups is 2. The van der Waals surface area contributed by atoms with Crippen LogP contribution in [0.3, 0.4) is 0 Å². The Morgan fingerprint density at radius 1 is 1.25 bits per heavy atom. The number of carbonyl (C=O) groups excluding carboxylic acids is 2. The highest BCUT2D eigenvalue weighted by Crippen LogP contribution is 2.45. The minimum absolute atomic E-state index is 0.108. The first kappa shape index (κ1) is 22.8. The van der Waals surface area contributed by atoms with Gasteiger partial charge in [-0.05, 0) is 56.5 Å². The zero-order chi connectivity index (χ0) is 22.8. The van der Waals surface area contributed by atoms with Crippen molar-refractivity contribution in [3.8, 4) is 5.75 Å². The first-order valence-electron chi connectivity index (χ1n) is 10.7. The molecule has 1 N–H and O–H groups in total. The molecule has 1 aromatic carbocycles. The van der Waals surface area contributed by atoms with E-state index < -0.39 is 11.9 Å². The molecule has 2 aromatic rings. The molecule has 2 heterocycles. The van der Waals surface area contributed by atoms with Gasteiger partial charge in [-0.2, -0.15) is 0 Å². The number of aryl methyl sites for hydroxylation is 1. The van der Waals surface area contributed by atoms with Crippen LogP contribution in [0.4, 0.5) is 0 Å². The van der Waals surface area contributed by atoms with Crippen molar-refractivity contribution in [3.63, 3.8) is 0 Å². The second-order valence-corrected chi connectivity index (χ2v) is 10.0. The lowest BCUT2D eigenvalue weighted by atomic mass is 9.78. The minimum Gasteiger partial charge on any atom is -0.489 e. The number of allylic oxidation sites excluding steroid dienone is 3. The molecule has 5 nitrogen and oxygen atoms in total. The number of nitrogens with one attached hydrogen (secondary N) is 1. The molecule has 4 rings (SSSR count). The fraction of sp³-hybridized carbons (Fsp3) is 0.360. The van der Waals surface area contributed by atoms with Gasteiger partial charge in [0.05, 0.1) is 18.6 Å². The SMILES string of the molecule is CCc1sc([C@@H]2C(C(=O)OC)=C(C)NC3=C2C(=O)CCC3)cc1COc1ccc(Br)cc1. The highest BCUT2D eigenvalue weighted by atomic mass is 79.9. The highest BCUT2D eigenvalue weighted by Gasteiger charge is 2.40. The Morgan fingerprint density at radius 3 is 2.69 bits per heavy atom. The Kier molecular flexibility index (Phi) is 6.86. The Balaban J connectivity index is 1.72. The summed E-state index contributed by atoms with van der Waals surface area (Å²) in [4.78, 5) is 27.9. The number of ether oxygens (including phenoxy) is 2. The maximum atomic E-state index is 13.0. The molecule has 0 spiro atoms. The maximum absolute atomic E-state index is 13.0. The first-order valence-corrected chi connectivity index (χ1v) is 12.4. The fourth-order valence-electron chi connectivity index (χ4n) is 4.39. The van der Waals surface area contributed by atoms with Crippen molar-refractivity contribution < 1.29 is 19.1 Å². The molecule has 1 aromatic heterocycles. The van der Waals surface area contributed by atoms with Gasteiger partial charge in [0.2, 0.25) is 0 Å². The summed E-state index contributed by atoms with van der Waals surface area (Å²) in [5.41, 5.74) is 4.02. The predicted molar refractivity (Wildman–Crippen MR) is 129 cm³/mol. The van der Waals surface area contributed by atoms with Crippen LogP contribution in [0.2, 0.25) is 0 Å². The van der Waals surface area contributed by atoms with E-state index in [2.05, 4.69) is 34.2 Å². The summed E-state index contributed by atoms with van der Waals surface area (Å²) in [6.45, 7) is 4.43. The molecule has 1 atom stereocenters. The third-order valence-electron chi connectivity index (χ3n) is 5.91. The van der Waals surface area contributed by atoms with Crippen LogP contribution in [0.1, 0.15) is 54.3 Å². The number of hydrogen-bond acceptors (Lipinski definition) is 6. The van der Waals surface area contributed by atoms with E-state index in [0.717, 1.165) is 51.3 Å². The lowest BCUT2D eigenvalue weighted by Crippen LogP contribution is -2.33. The van der Waals surface area contributed by atoms with Gasteiger partial charge in [0.25, 0.3) is 0 Å². The van der Waals surface area contributed by atoms with Gasteiger partial charge in [-0.25, -0.2) is 4.79 Å². The van der Waals surface area contributed by atoms with Crippen molar-refractivity contribution in [1.29, 1.82) is 0 Å². The number of methoxy groups -OCH3 is 1. The van der Waals surface area contributed by atoms with Crippen molar-refractivity contribution in [2.45, 2.75) is 52.1 Å². The van der Waals surface area contributed by atoms with Crippen molar-refractivity contribution in [2.75, 3.05) is 7.11 Å². The Morgan fingerprint density at radius 2 is 2.00 bits per heavy atom. The predicted octanol–water partition coefficient (Wildman–Crippen LogP) is 5.79. The van der Waals surface area contributed by atoms with Crippen molar-refractivity contribution in [1.82, 2.24) is 5.32 Å². The third kappa shape index (κ3) is 4.41. The van der Waals surface area contributed by atoms with Crippen molar-refractivity contribution >= 4 is 39.0 Å². The quantitative estimate of drug-likeness (QED) is 0.493. The van der Waals surface area contributed by atoms with Gasteiger partial charge in [0.1, 0.15) is 12.4 Å². The molecule has 32 heavy (non-hydrogen) atoms. The molecule has 0 unspecified atom stereocenters. The fourth-order valence-corrected chi connectivity index (χ4v) is 5.89. The largest absolute Gasteiger partial charge is 0.489 e. The number of benzene rings is 1. The molecule has 168 valence electrons. The summed E-state index contributed by atoms with van der Waals surface area (Å²) >= 11 is 5.09. The van der Waals surface area contributed by atoms with Crippen LogP contribution < -0.4 is 10.1 Å². The number of esters is 1. The molecule has 1 aliphatic heterocycles. The molecule has 0 radical (unpaired) electrons. The molecule has 0 saturated heterocycles. The van der Waals surface area contributed by atoms with E-state index in [9.17, 15) is 9.59 Å². The van der Waals surface area contributed by atoms with E-state index in [1.807, 2.05) is 31.2 Å². The molecule has 2 aliphatic rings. The summed E-state index contributed by atoms with van der Waals surface area (Å²) in [5.74, 6) is 0.104. The number of thiophene rings is 1. The number of Topliss-reactive ketones (excluding diaryl/α,β-unsaturated/α-hetero) is 1. The van der Waals surface area contributed by atoms with Crippen LogP contribution in [0.15, 0.2) is 57.3 Å². The van der Waals surface area contributed by atoms with Crippen molar-refractivity contribution in [3.05, 3.63) is 72.7 Å². The van der Waals surface area contributed by atoms with Crippen LogP contribution in [0, 0.1) is 0 Å². The van der Waals surface area contributed by atoms with E-state index in [4.69, 9.17) is 9.47 Å². The first-order chi connectivity index (χ1) is 15.4. The van der Waals surface area contributed by atoms with E-state index in [1.165, 1.54) is 12.0 Å². The van der Waals surface area contributed by atoms with Crippen LogP contribution in [-0.2, 0) is 27.4 Å². The zero-order valence-corrected chi connectivity index (χ0v) is 20.8. The molecule has 0 amide bonds. The average molecular weight is 516 g/mol. The monoisotopic (exact) mass is 515 g/mol. The molecule has 0 bridgehead atoms. The Labute approximate surface area is 200 Å². The summed E-state index contributed by atoms with van der Waals surface area (Å²) in [5, 5.41) is 3.31. The normalized spacial score (nSPS) is 18.4. The van der Waals surface area contributed by atoms with E-state index >= 15 is 0 Å². The van der Waals surface area contributed by atoms with Gasteiger partial charge >= 0.3 is 5.97 Å². The Bertz CT molecular complexity index is 1110. The van der Waals surface area contributed by atoms with Gasteiger partial charge in [-0.1, -0.05) is 22.9 Å². The molecular formula is C25H26BrNO4S. The van der Waals surface area contributed by atoms with Gasteiger partial charge in [0, 0.05) is 43.2 Å². The molecule has 7 heteroatoms. The van der Waals surface area contributed by atoms with Crippen LogP contribution in [-0.4, -0.2) is 18.9 Å². The second kappa shape index (κ2) is 9.63. The summed E-state index contributed by atoms with van der Waals surface area (Å²) in [6, 6.07) is 9.84. The maximum Gasteiger partial charge on any atom is 0.336 e. The van der Waals surface area contributed by atoms with Gasteiger partial charge in [-0.15, -0.1) is 11.3 Å². The van der Waals surface area contributed by atoms with Crippen molar-refractivity contribution in [2.24, 2.45) is 0 Å². The number of dihydropyridines is 1. The molecule has 0 saturated carbocycles. The van der Waals surface area contributed by atoms with E-state index in [1.54, 1.807) is 11.3 Å². The van der Waals surface area contributed by atoms with E-state index in [-0.39, 0.29) is 5.78 Å². The van der Waals surface area contributed by atoms with Crippen LogP contribution >= 0.6 is 27.3 Å². The molecular weight excluding hydrogens is 490 g/mol. The number of hydrogen-bond donors (Lipinski definition) is 1. The summed E-state index contributed by atoms with van der Waals surface area (Å²) < 4.78 is 12.1. The van der Waals surface area contributed by atoms with Gasteiger partial charge < -0.3 is 14.8 Å². The standard InChI is InChI=1S/C25H26BrNO4S/c1-4-20-15(13-31-17-10-8-16(26)9-11-17)12-21(32-20)24-22(25(29)30-3)14(2)27-18-6-5-7-19(28)23(18)24/h8-12,24,27H,4-7,13H2,1-3H3/t24-/m1/s1. The van der Waals surface area contributed by atoms with Crippen LogP contribution in [0.5, 0.6) is 5.75 Å². The lowest BCUT2D eigenvalue weighted by Gasteiger charge is -2.33. The minimum atomic E-state index is -0.400. The smallest absolute Gasteiger partial charge is 0.336 e. The number of ketones is 1. The number of rotatable bonds is 6. The average Bonchev–Trinajstić information content (AvgIpc) is 3.20. The van der Waals surface area contributed by atoms with Gasteiger partial charge in [0.15, 0.2) is 5.78 Å². The van der Waals surface area contributed by atoms with Gasteiger partial charge in [-0.3, -0.25) is 4.79 Å². The highest BCUT2D eigenvalue weighted by molar-refractivity contribution is 9.10. The topological polar surface area (TPSA) is 64.6 Å². The van der Waals surface area contributed by atoms with E-state index in [0.29, 0.717) is 24.2 Å². The molecule has 1 aliphatic carbocycles. The molecule has 0 fully saturated rings. The Hall–Kier alpha value is -2.38. The van der Waals surface area contributed by atoms with Crippen LogP contribution in [0.25, 0.3) is 0 Å². The summed E-state index contributed by atoms with van der Waals surface area (Å²) in [6.07, 6.45) is 3.00. The summed E-state index contributed by atoms with van der Waals surface area (Å²) in [7, 11) is 1.38. The number of halogens is 1. The third-order valence-corrected chi connectivity index (χ3v) is 7.83.